The van der Waals surface area contributed by atoms with Crippen LogP contribution < -0.4 is 5.43 Å². The largest absolute Gasteiger partial charge is 0.309 e. The fraction of sp³-hybridized carbons (Fsp3) is 0.0952. The molecule has 1 N–H and O–H groups in total. The maximum Gasteiger partial charge on any atom is 0.0768 e. The third kappa shape index (κ3) is 2.93. The Morgan fingerprint density at radius 1 is 0.750 bits per heavy atom. The van der Waals surface area contributed by atoms with Gasteiger partial charge in [-0.1, -0.05) is 78.3 Å². The van der Waals surface area contributed by atoms with Gasteiger partial charge in [-0.05, 0) is 34.4 Å². The second-order valence-electron chi connectivity index (χ2n) is 5.91. The summed E-state index contributed by atoms with van der Waals surface area (Å²) >= 11 is 5.99. The average Bonchev–Trinajstić information content (AvgIpc) is 3.13. The lowest BCUT2D eigenvalue weighted by atomic mass is 9.90. The molecule has 24 heavy (non-hydrogen) atoms. The van der Waals surface area contributed by atoms with E-state index in [4.69, 9.17) is 11.6 Å². The van der Waals surface area contributed by atoms with Crippen molar-refractivity contribution < 1.29 is 0 Å². The molecule has 0 saturated heterocycles. The molecule has 0 spiro atoms. The molecule has 0 aliphatic carbocycles. The standard InChI is InChI=1S/C21H17ClN2/c22-19-12-10-18(11-13-19)21-20(14-23-24-21)17-8-6-16(7-9-17)15-4-2-1-3-5-15/h1-13,20,23H,14H2. The normalized spacial score (nSPS) is 16.5. The number of nitrogens with zero attached hydrogens (tertiary/aromatic N) is 1. The first-order valence-corrected chi connectivity index (χ1v) is 8.41. The minimum atomic E-state index is 0.260. The first-order chi connectivity index (χ1) is 11.8. The van der Waals surface area contributed by atoms with E-state index in [0.717, 1.165) is 22.8 Å². The fourth-order valence-corrected chi connectivity index (χ4v) is 3.22. The Morgan fingerprint density at radius 2 is 1.38 bits per heavy atom. The average molecular weight is 333 g/mol. The van der Waals surface area contributed by atoms with E-state index in [9.17, 15) is 0 Å². The van der Waals surface area contributed by atoms with Crippen LogP contribution >= 0.6 is 11.6 Å². The molecule has 118 valence electrons. The summed E-state index contributed by atoms with van der Waals surface area (Å²) in [7, 11) is 0. The third-order valence-corrected chi connectivity index (χ3v) is 4.64. The van der Waals surface area contributed by atoms with Crippen LogP contribution in [0.15, 0.2) is 84.0 Å². The highest BCUT2D eigenvalue weighted by molar-refractivity contribution is 6.30. The lowest BCUT2D eigenvalue weighted by Crippen LogP contribution is -2.14. The van der Waals surface area contributed by atoms with Gasteiger partial charge < -0.3 is 5.43 Å². The molecule has 3 aromatic rings. The zero-order valence-corrected chi connectivity index (χ0v) is 13.9. The van der Waals surface area contributed by atoms with Gasteiger partial charge in [-0.25, -0.2) is 0 Å². The molecule has 0 radical (unpaired) electrons. The second-order valence-corrected chi connectivity index (χ2v) is 6.34. The predicted molar refractivity (Wildman–Crippen MR) is 101 cm³/mol. The molecule has 3 aromatic carbocycles. The lowest BCUT2D eigenvalue weighted by Gasteiger charge is -2.13. The molecule has 1 heterocycles. The number of hydrazone groups is 1. The van der Waals surface area contributed by atoms with Gasteiger partial charge in [0.05, 0.1) is 5.71 Å². The van der Waals surface area contributed by atoms with Crippen LogP contribution in [-0.4, -0.2) is 12.3 Å². The molecule has 4 rings (SSSR count). The van der Waals surface area contributed by atoms with Gasteiger partial charge in [0.2, 0.25) is 0 Å². The SMILES string of the molecule is Clc1ccc(C2=NNCC2c2ccc(-c3ccccc3)cc2)cc1. The highest BCUT2D eigenvalue weighted by Crippen LogP contribution is 2.27. The summed E-state index contributed by atoms with van der Waals surface area (Å²) < 4.78 is 0. The van der Waals surface area contributed by atoms with Crippen LogP contribution in [0.3, 0.4) is 0 Å². The second kappa shape index (κ2) is 6.50. The number of rotatable bonds is 3. The highest BCUT2D eigenvalue weighted by atomic mass is 35.5. The molecule has 0 fully saturated rings. The molecular weight excluding hydrogens is 316 g/mol. The predicted octanol–water partition coefficient (Wildman–Crippen LogP) is 5.10. The van der Waals surface area contributed by atoms with Crippen LogP contribution in [0.4, 0.5) is 0 Å². The Kier molecular flexibility index (Phi) is 4.06. The maximum atomic E-state index is 5.99. The van der Waals surface area contributed by atoms with Crippen LogP contribution in [0.25, 0.3) is 11.1 Å². The Morgan fingerprint density at radius 3 is 2.08 bits per heavy atom. The molecule has 0 saturated carbocycles. The van der Waals surface area contributed by atoms with Crippen LogP contribution in [-0.2, 0) is 0 Å². The van der Waals surface area contributed by atoms with E-state index < -0.39 is 0 Å². The first-order valence-electron chi connectivity index (χ1n) is 8.03. The lowest BCUT2D eigenvalue weighted by molar-refractivity contribution is 0.763. The van der Waals surface area contributed by atoms with E-state index in [2.05, 4.69) is 59.1 Å². The zero-order chi connectivity index (χ0) is 16.4. The molecule has 0 amide bonds. The zero-order valence-electron chi connectivity index (χ0n) is 13.1. The first kappa shape index (κ1) is 15.0. The van der Waals surface area contributed by atoms with Crippen LogP contribution in [0.2, 0.25) is 5.02 Å². The molecule has 2 nitrogen and oxygen atoms in total. The fourth-order valence-electron chi connectivity index (χ4n) is 3.10. The van der Waals surface area contributed by atoms with Crippen molar-refractivity contribution in [1.82, 2.24) is 5.43 Å². The quantitative estimate of drug-likeness (QED) is 0.709. The summed E-state index contributed by atoms with van der Waals surface area (Å²) in [6.45, 7) is 0.822. The minimum Gasteiger partial charge on any atom is -0.309 e. The Hall–Kier alpha value is -2.58. The number of hydrogen-bond donors (Lipinski definition) is 1. The highest BCUT2D eigenvalue weighted by Gasteiger charge is 2.24. The summed E-state index contributed by atoms with van der Waals surface area (Å²) in [6.07, 6.45) is 0. The number of hydrogen-bond acceptors (Lipinski definition) is 2. The van der Waals surface area contributed by atoms with Gasteiger partial charge in [0, 0.05) is 17.5 Å². The van der Waals surface area contributed by atoms with Crippen molar-refractivity contribution in [2.45, 2.75) is 5.92 Å². The minimum absolute atomic E-state index is 0.260. The van der Waals surface area contributed by atoms with Gasteiger partial charge in [0.1, 0.15) is 0 Å². The van der Waals surface area contributed by atoms with Crippen molar-refractivity contribution in [3.8, 4) is 11.1 Å². The molecule has 1 atom stereocenters. The van der Waals surface area contributed by atoms with Crippen molar-refractivity contribution in [2.75, 3.05) is 6.54 Å². The molecule has 1 unspecified atom stereocenters. The van der Waals surface area contributed by atoms with Gasteiger partial charge in [0.15, 0.2) is 0 Å². The molecule has 0 aromatic heterocycles. The van der Waals surface area contributed by atoms with Crippen LogP contribution in [0.5, 0.6) is 0 Å². The van der Waals surface area contributed by atoms with Gasteiger partial charge in [-0.2, -0.15) is 5.10 Å². The third-order valence-electron chi connectivity index (χ3n) is 4.39. The molecule has 3 heteroatoms. The van der Waals surface area contributed by atoms with Gasteiger partial charge in [0.25, 0.3) is 0 Å². The molecule has 1 aliphatic rings. The Balaban J connectivity index is 1.61. The Labute approximate surface area is 146 Å². The summed E-state index contributed by atoms with van der Waals surface area (Å²) in [5.74, 6) is 0.260. The van der Waals surface area contributed by atoms with Gasteiger partial charge in [-0.3, -0.25) is 0 Å². The topological polar surface area (TPSA) is 24.4 Å². The van der Waals surface area contributed by atoms with Crippen LogP contribution in [0.1, 0.15) is 17.0 Å². The van der Waals surface area contributed by atoms with Crippen molar-refractivity contribution >= 4 is 17.3 Å². The number of halogens is 1. The molecular formula is C21H17ClN2. The van der Waals surface area contributed by atoms with Crippen molar-refractivity contribution in [2.24, 2.45) is 5.10 Å². The number of benzene rings is 3. The van der Waals surface area contributed by atoms with Gasteiger partial charge in [-0.15, -0.1) is 0 Å². The molecule has 1 aliphatic heterocycles. The van der Waals surface area contributed by atoms with E-state index in [0.29, 0.717) is 0 Å². The van der Waals surface area contributed by atoms with E-state index in [1.165, 1.54) is 16.7 Å². The maximum absolute atomic E-state index is 5.99. The van der Waals surface area contributed by atoms with Gasteiger partial charge >= 0.3 is 0 Å². The summed E-state index contributed by atoms with van der Waals surface area (Å²) in [5, 5.41) is 5.24. The van der Waals surface area contributed by atoms with E-state index in [-0.39, 0.29) is 5.92 Å². The van der Waals surface area contributed by atoms with E-state index in [1.807, 2.05) is 30.3 Å². The van der Waals surface area contributed by atoms with Crippen LogP contribution in [0, 0.1) is 0 Å². The monoisotopic (exact) mass is 332 g/mol. The van der Waals surface area contributed by atoms with Crippen molar-refractivity contribution in [3.05, 3.63) is 95.0 Å². The smallest absolute Gasteiger partial charge is 0.0768 e. The number of nitrogens with one attached hydrogen (secondary N) is 1. The summed E-state index contributed by atoms with van der Waals surface area (Å²) in [5.41, 5.74) is 9.06. The molecule has 0 bridgehead atoms. The van der Waals surface area contributed by atoms with E-state index >= 15 is 0 Å². The summed E-state index contributed by atoms with van der Waals surface area (Å²) in [6, 6.07) is 27.1. The van der Waals surface area contributed by atoms with E-state index in [1.54, 1.807) is 0 Å². The Bertz CT molecular complexity index is 853. The van der Waals surface area contributed by atoms with Crippen molar-refractivity contribution in [1.29, 1.82) is 0 Å². The van der Waals surface area contributed by atoms with Crippen molar-refractivity contribution in [3.63, 3.8) is 0 Å². The summed E-state index contributed by atoms with van der Waals surface area (Å²) in [4.78, 5) is 0.